The molecule has 0 aliphatic carbocycles. The standard InChI is InChI=1S/C16H14N2O3/c1-21-13-6-5-11-8-15(19)18(16(20)14(11)9-13)10-12-4-2-3-7-17-12/h2-7,9H,8,10H2,1H3. The molecule has 0 unspecified atom stereocenters. The maximum atomic E-state index is 12.5. The summed E-state index contributed by atoms with van der Waals surface area (Å²) in [5.41, 5.74) is 1.94. The quantitative estimate of drug-likeness (QED) is 0.806. The number of hydrogen-bond donors (Lipinski definition) is 0. The first-order chi connectivity index (χ1) is 10.2. The van der Waals surface area contributed by atoms with Crippen LogP contribution in [0.1, 0.15) is 21.6 Å². The molecule has 2 amide bonds. The molecule has 0 fully saturated rings. The van der Waals surface area contributed by atoms with Gasteiger partial charge in [-0.25, -0.2) is 0 Å². The van der Waals surface area contributed by atoms with Crippen molar-refractivity contribution in [1.29, 1.82) is 0 Å². The van der Waals surface area contributed by atoms with Crippen LogP contribution in [0.15, 0.2) is 42.6 Å². The van der Waals surface area contributed by atoms with Crippen LogP contribution in [0.3, 0.4) is 0 Å². The first-order valence-corrected chi connectivity index (χ1v) is 6.60. The Balaban J connectivity index is 1.93. The molecule has 21 heavy (non-hydrogen) atoms. The minimum absolute atomic E-state index is 0.190. The zero-order valence-corrected chi connectivity index (χ0v) is 11.6. The number of benzene rings is 1. The fourth-order valence-corrected chi connectivity index (χ4v) is 2.37. The van der Waals surface area contributed by atoms with Crippen molar-refractivity contribution in [2.45, 2.75) is 13.0 Å². The lowest BCUT2D eigenvalue weighted by molar-refractivity contribution is -0.128. The SMILES string of the molecule is COc1ccc2c(c1)C(=O)N(Cc1ccccn1)C(=O)C2. The Hall–Kier alpha value is -2.69. The second kappa shape index (κ2) is 5.36. The summed E-state index contributed by atoms with van der Waals surface area (Å²) >= 11 is 0. The Kier molecular flexibility index (Phi) is 3.39. The lowest BCUT2D eigenvalue weighted by atomic mass is 9.98. The minimum Gasteiger partial charge on any atom is -0.497 e. The predicted octanol–water partition coefficient (Wildman–Crippen LogP) is 1.82. The number of pyridine rings is 1. The van der Waals surface area contributed by atoms with Crippen LogP contribution in [-0.2, 0) is 17.8 Å². The van der Waals surface area contributed by atoms with Gasteiger partial charge in [-0.2, -0.15) is 0 Å². The largest absolute Gasteiger partial charge is 0.497 e. The smallest absolute Gasteiger partial charge is 0.261 e. The van der Waals surface area contributed by atoms with Gasteiger partial charge in [0.05, 0.1) is 25.8 Å². The summed E-state index contributed by atoms with van der Waals surface area (Å²) < 4.78 is 5.14. The molecule has 1 aromatic carbocycles. The zero-order chi connectivity index (χ0) is 14.8. The van der Waals surface area contributed by atoms with Gasteiger partial charge in [-0.05, 0) is 29.8 Å². The molecule has 0 bridgehead atoms. The van der Waals surface area contributed by atoms with Crippen LogP contribution in [0.25, 0.3) is 0 Å². The highest BCUT2D eigenvalue weighted by Gasteiger charge is 2.31. The van der Waals surface area contributed by atoms with Gasteiger partial charge in [-0.1, -0.05) is 12.1 Å². The number of amides is 2. The van der Waals surface area contributed by atoms with E-state index >= 15 is 0 Å². The first-order valence-electron chi connectivity index (χ1n) is 6.60. The van der Waals surface area contributed by atoms with Crippen LogP contribution < -0.4 is 4.74 Å². The molecule has 5 nitrogen and oxygen atoms in total. The number of methoxy groups -OCH3 is 1. The lowest BCUT2D eigenvalue weighted by Crippen LogP contribution is -2.41. The predicted molar refractivity (Wildman–Crippen MR) is 75.8 cm³/mol. The van der Waals surface area contributed by atoms with Gasteiger partial charge < -0.3 is 4.74 Å². The van der Waals surface area contributed by atoms with Crippen molar-refractivity contribution in [2.75, 3.05) is 7.11 Å². The highest BCUT2D eigenvalue weighted by Crippen LogP contribution is 2.25. The molecule has 0 radical (unpaired) electrons. The first kappa shape index (κ1) is 13.3. The number of fused-ring (bicyclic) bond motifs is 1. The van der Waals surface area contributed by atoms with Crippen LogP contribution >= 0.6 is 0 Å². The molecule has 106 valence electrons. The van der Waals surface area contributed by atoms with E-state index in [1.807, 2.05) is 6.07 Å². The zero-order valence-electron chi connectivity index (χ0n) is 11.6. The van der Waals surface area contributed by atoms with E-state index in [0.29, 0.717) is 17.0 Å². The van der Waals surface area contributed by atoms with Gasteiger partial charge >= 0.3 is 0 Å². The maximum Gasteiger partial charge on any atom is 0.261 e. The summed E-state index contributed by atoms with van der Waals surface area (Å²) in [7, 11) is 1.55. The van der Waals surface area contributed by atoms with E-state index in [9.17, 15) is 9.59 Å². The average Bonchev–Trinajstić information content (AvgIpc) is 2.52. The third kappa shape index (κ3) is 2.50. The monoisotopic (exact) mass is 282 g/mol. The molecule has 0 atom stereocenters. The third-order valence-electron chi connectivity index (χ3n) is 3.48. The minimum atomic E-state index is -0.300. The Morgan fingerprint density at radius 2 is 2.10 bits per heavy atom. The lowest BCUT2D eigenvalue weighted by Gasteiger charge is -2.26. The van der Waals surface area contributed by atoms with E-state index in [-0.39, 0.29) is 24.8 Å². The molecule has 5 heteroatoms. The number of carbonyl (C=O) groups excluding carboxylic acids is 2. The molecule has 0 spiro atoms. The van der Waals surface area contributed by atoms with Crippen LogP contribution in [0.5, 0.6) is 5.75 Å². The van der Waals surface area contributed by atoms with Crippen molar-refractivity contribution >= 4 is 11.8 Å². The van der Waals surface area contributed by atoms with Gasteiger partial charge in [0, 0.05) is 11.8 Å². The summed E-state index contributed by atoms with van der Waals surface area (Å²) in [6.07, 6.45) is 1.86. The van der Waals surface area contributed by atoms with Crippen molar-refractivity contribution in [3.8, 4) is 5.75 Å². The summed E-state index contributed by atoms with van der Waals surface area (Å²) in [4.78, 5) is 30.1. The summed E-state index contributed by atoms with van der Waals surface area (Å²) in [5, 5.41) is 0. The number of hydrogen-bond acceptors (Lipinski definition) is 4. The Morgan fingerprint density at radius 1 is 1.24 bits per heavy atom. The van der Waals surface area contributed by atoms with E-state index in [4.69, 9.17) is 4.74 Å². The van der Waals surface area contributed by atoms with Crippen LogP contribution in [-0.4, -0.2) is 28.8 Å². The van der Waals surface area contributed by atoms with Gasteiger partial charge in [0.25, 0.3) is 5.91 Å². The van der Waals surface area contributed by atoms with E-state index < -0.39 is 0 Å². The molecule has 0 N–H and O–H groups in total. The topological polar surface area (TPSA) is 59.5 Å². The summed E-state index contributed by atoms with van der Waals surface area (Å²) in [6, 6.07) is 10.6. The summed E-state index contributed by atoms with van der Waals surface area (Å²) in [6.45, 7) is 0.190. The molecule has 1 aliphatic heterocycles. The van der Waals surface area contributed by atoms with Gasteiger partial charge in [0.2, 0.25) is 5.91 Å². The van der Waals surface area contributed by atoms with Crippen molar-refractivity contribution in [1.82, 2.24) is 9.88 Å². The second-order valence-corrected chi connectivity index (χ2v) is 4.81. The molecule has 0 saturated carbocycles. The maximum absolute atomic E-state index is 12.5. The van der Waals surface area contributed by atoms with Crippen molar-refractivity contribution in [3.63, 3.8) is 0 Å². The van der Waals surface area contributed by atoms with Crippen LogP contribution in [0, 0.1) is 0 Å². The number of imide groups is 1. The number of carbonyl (C=O) groups is 2. The van der Waals surface area contributed by atoms with E-state index in [1.165, 1.54) is 4.90 Å². The molecule has 3 rings (SSSR count). The summed E-state index contributed by atoms with van der Waals surface area (Å²) in [5.74, 6) is 0.100. The second-order valence-electron chi connectivity index (χ2n) is 4.81. The molecule has 2 heterocycles. The highest BCUT2D eigenvalue weighted by molar-refractivity contribution is 6.09. The Labute approximate surface area is 122 Å². The number of rotatable bonds is 3. The fourth-order valence-electron chi connectivity index (χ4n) is 2.37. The molecule has 1 aromatic heterocycles. The van der Waals surface area contributed by atoms with Gasteiger partial charge in [0.1, 0.15) is 5.75 Å². The van der Waals surface area contributed by atoms with Crippen molar-refractivity contribution in [3.05, 3.63) is 59.4 Å². The van der Waals surface area contributed by atoms with Crippen LogP contribution in [0.2, 0.25) is 0 Å². The molecule has 2 aromatic rings. The number of aromatic nitrogens is 1. The van der Waals surface area contributed by atoms with E-state index in [0.717, 1.165) is 5.56 Å². The van der Waals surface area contributed by atoms with Crippen molar-refractivity contribution < 1.29 is 14.3 Å². The Bertz CT molecular complexity index is 698. The number of ether oxygens (including phenoxy) is 1. The molecular formula is C16H14N2O3. The number of nitrogens with zero attached hydrogens (tertiary/aromatic N) is 2. The molecular weight excluding hydrogens is 268 g/mol. The molecule has 1 aliphatic rings. The van der Waals surface area contributed by atoms with Crippen molar-refractivity contribution in [2.24, 2.45) is 0 Å². The van der Waals surface area contributed by atoms with E-state index in [1.54, 1.807) is 43.6 Å². The third-order valence-corrected chi connectivity index (χ3v) is 3.48. The van der Waals surface area contributed by atoms with Gasteiger partial charge in [-0.15, -0.1) is 0 Å². The average molecular weight is 282 g/mol. The Morgan fingerprint density at radius 3 is 2.81 bits per heavy atom. The highest BCUT2D eigenvalue weighted by atomic mass is 16.5. The van der Waals surface area contributed by atoms with Gasteiger partial charge in [-0.3, -0.25) is 19.5 Å². The van der Waals surface area contributed by atoms with Gasteiger partial charge in [0.15, 0.2) is 0 Å². The molecule has 0 saturated heterocycles. The van der Waals surface area contributed by atoms with Crippen LogP contribution in [0.4, 0.5) is 0 Å². The normalized spacial score (nSPS) is 14.0. The van der Waals surface area contributed by atoms with E-state index in [2.05, 4.69) is 4.98 Å². The fraction of sp³-hybridized carbons (Fsp3) is 0.188.